The highest BCUT2D eigenvalue weighted by Crippen LogP contribution is 2.32. The van der Waals surface area contributed by atoms with E-state index in [4.69, 9.17) is 0 Å². The third-order valence-corrected chi connectivity index (χ3v) is 3.66. The molecule has 0 radical (unpaired) electrons. The predicted molar refractivity (Wildman–Crippen MR) is 71.7 cm³/mol. The third-order valence-electron chi connectivity index (χ3n) is 3.66. The molecule has 7 heteroatoms. The molecule has 1 fully saturated rings. The first-order chi connectivity index (χ1) is 9.58. The number of carboxylic acid groups (broad SMARTS) is 1. The molecular weight excluding hydrogens is 258 g/mol. The summed E-state index contributed by atoms with van der Waals surface area (Å²) in [5.41, 5.74) is -0.719. The van der Waals surface area contributed by atoms with Gasteiger partial charge in [0.2, 0.25) is 0 Å². The molecule has 104 valence electrons. The highest BCUT2D eigenvalue weighted by molar-refractivity contribution is 5.76. The molecule has 0 amide bonds. The van der Waals surface area contributed by atoms with Crippen LogP contribution in [0.15, 0.2) is 30.9 Å². The first-order valence-electron chi connectivity index (χ1n) is 6.39. The van der Waals surface area contributed by atoms with E-state index in [9.17, 15) is 9.90 Å². The molecule has 20 heavy (non-hydrogen) atoms. The van der Waals surface area contributed by atoms with Crippen LogP contribution in [0.2, 0.25) is 0 Å². The molecule has 1 saturated heterocycles. The van der Waals surface area contributed by atoms with Crippen LogP contribution in [0.4, 0.5) is 5.82 Å². The molecule has 1 unspecified atom stereocenters. The number of aliphatic carboxylic acids is 1. The summed E-state index contributed by atoms with van der Waals surface area (Å²) in [6.45, 7) is 2.87. The van der Waals surface area contributed by atoms with Crippen LogP contribution in [0, 0.1) is 5.41 Å². The van der Waals surface area contributed by atoms with Gasteiger partial charge in [-0.1, -0.05) is 0 Å². The number of anilines is 1. The Bertz CT molecular complexity index is 627. The van der Waals surface area contributed by atoms with Gasteiger partial charge in [0, 0.05) is 25.5 Å². The lowest BCUT2D eigenvalue weighted by molar-refractivity contribution is -0.146. The summed E-state index contributed by atoms with van der Waals surface area (Å²) in [5.74, 6) is 0.538. The average molecular weight is 273 g/mol. The van der Waals surface area contributed by atoms with Crippen molar-refractivity contribution in [3.05, 3.63) is 30.9 Å². The second kappa shape index (κ2) is 4.59. The van der Waals surface area contributed by atoms with Gasteiger partial charge in [0.25, 0.3) is 0 Å². The maximum Gasteiger partial charge on any atom is 0.311 e. The molecule has 0 spiro atoms. The zero-order valence-electron chi connectivity index (χ0n) is 11.1. The molecule has 3 rings (SSSR count). The van der Waals surface area contributed by atoms with Gasteiger partial charge in [-0.2, -0.15) is 5.10 Å². The van der Waals surface area contributed by atoms with Crippen LogP contribution < -0.4 is 4.90 Å². The van der Waals surface area contributed by atoms with Crippen molar-refractivity contribution in [3.63, 3.8) is 0 Å². The fourth-order valence-corrected chi connectivity index (χ4v) is 2.34. The number of rotatable bonds is 3. The van der Waals surface area contributed by atoms with Gasteiger partial charge in [-0.15, -0.1) is 0 Å². The molecule has 0 aliphatic carbocycles. The van der Waals surface area contributed by atoms with Crippen LogP contribution in [-0.4, -0.2) is 43.9 Å². The first kappa shape index (κ1) is 12.6. The van der Waals surface area contributed by atoms with Gasteiger partial charge in [-0.05, 0) is 19.4 Å². The molecule has 0 bridgehead atoms. The summed E-state index contributed by atoms with van der Waals surface area (Å²) in [5, 5.41) is 13.4. The summed E-state index contributed by atoms with van der Waals surface area (Å²) < 4.78 is 1.63. The van der Waals surface area contributed by atoms with Crippen molar-refractivity contribution >= 4 is 11.8 Å². The standard InChI is InChI=1S/C13H15N5O2/c1-13(12(19)20)3-6-17(9-13)10-7-14-8-11(16-10)18-5-2-4-15-18/h2,4-5,7-8H,3,6,9H2,1H3,(H,19,20). The molecule has 1 N–H and O–H groups in total. The van der Waals surface area contributed by atoms with Gasteiger partial charge < -0.3 is 10.0 Å². The first-order valence-corrected chi connectivity index (χ1v) is 6.39. The van der Waals surface area contributed by atoms with Crippen molar-refractivity contribution in [2.24, 2.45) is 5.41 Å². The summed E-state index contributed by atoms with van der Waals surface area (Å²) in [7, 11) is 0. The summed E-state index contributed by atoms with van der Waals surface area (Å²) in [6, 6.07) is 1.81. The quantitative estimate of drug-likeness (QED) is 0.896. The molecule has 1 atom stereocenters. The predicted octanol–water partition coefficient (Wildman–Crippen LogP) is 0.963. The van der Waals surface area contributed by atoms with Crippen LogP contribution in [0.5, 0.6) is 0 Å². The SMILES string of the molecule is CC1(C(=O)O)CCN(c2cncc(-n3cccn3)n2)C1. The van der Waals surface area contributed by atoms with Gasteiger partial charge in [-0.3, -0.25) is 9.78 Å². The van der Waals surface area contributed by atoms with Crippen molar-refractivity contribution in [1.82, 2.24) is 19.7 Å². The Balaban J connectivity index is 1.86. The molecule has 1 aliphatic rings. The van der Waals surface area contributed by atoms with E-state index in [1.165, 1.54) is 0 Å². The maximum absolute atomic E-state index is 11.3. The molecule has 1 aliphatic heterocycles. The van der Waals surface area contributed by atoms with E-state index in [1.807, 2.05) is 11.0 Å². The van der Waals surface area contributed by atoms with Gasteiger partial charge in [0.1, 0.15) is 5.82 Å². The van der Waals surface area contributed by atoms with Gasteiger partial charge in [0.05, 0.1) is 17.8 Å². The topological polar surface area (TPSA) is 84.1 Å². The smallest absolute Gasteiger partial charge is 0.311 e. The zero-order chi connectivity index (χ0) is 14.2. The maximum atomic E-state index is 11.3. The van der Waals surface area contributed by atoms with E-state index in [0.29, 0.717) is 31.1 Å². The van der Waals surface area contributed by atoms with Crippen LogP contribution in [0.25, 0.3) is 5.82 Å². The van der Waals surface area contributed by atoms with E-state index >= 15 is 0 Å². The molecule has 0 aromatic carbocycles. The Kier molecular flexibility index (Phi) is 2.89. The van der Waals surface area contributed by atoms with E-state index < -0.39 is 11.4 Å². The van der Waals surface area contributed by atoms with Crippen LogP contribution >= 0.6 is 0 Å². The second-order valence-electron chi connectivity index (χ2n) is 5.22. The molecule has 2 aromatic rings. The number of aromatic nitrogens is 4. The number of hydrogen-bond acceptors (Lipinski definition) is 5. The molecule has 7 nitrogen and oxygen atoms in total. The van der Waals surface area contributed by atoms with E-state index in [2.05, 4.69) is 15.1 Å². The normalized spacial score (nSPS) is 22.1. The Labute approximate surface area is 115 Å². The van der Waals surface area contributed by atoms with Gasteiger partial charge >= 0.3 is 5.97 Å². The highest BCUT2D eigenvalue weighted by Gasteiger charge is 2.41. The van der Waals surface area contributed by atoms with E-state index in [-0.39, 0.29) is 0 Å². The third kappa shape index (κ3) is 2.11. The van der Waals surface area contributed by atoms with Crippen molar-refractivity contribution < 1.29 is 9.90 Å². The lowest BCUT2D eigenvalue weighted by Gasteiger charge is -2.20. The second-order valence-corrected chi connectivity index (χ2v) is 5.22. The van der Waals surface area contributed by atoms with E-state index in [0.717, 1.165) is 0 Å². The van der Waals surface area contributed by atoms with E-state index in [1.54, 1.807) is 36.4 Å². The number of carbonyl (C=O) groups is 1. The number of hydrogen-bond donors (Lipinski definition) is 1. The van der Waals surface area contributed by atoms with Crippen LogP contribution in [-0.2, 0) is 4.79 Å². The Morgan fingerprint density at radius 2 is 2.20 bits per heavy atom. The Morgan fingerprint density at radius 1 is 1.40 bits per heavy atom. The minimum atomic E-state index is -0.767. The fourth-order valence-electron chi connectivity index (χ4n) is 2.34. The van der Waals surface area contributed by atoms with Gasteiger partial charge in [-0.25, -0.2) is 9.67 Å². The molecule has 2 aromatic heterocycles. The van der Waals surface area contributed by atoms with Crippen molar-refractivity contribution in [2.75, 3.05) is 18.0 Å². The Morgan fingerprint density at radius 3 is 2.85 bits per heavy atom. The monoisotopic (exact) mass is 273 g/mol. The molecule has 3 heterocycles. The van der Waals surface area contributed by atoms with Crippen LogP contribution in [0.3, 0.4) is 0 Å². The average Bonchev–Trinajstić information content (AvgIpc) is 3.09. The van der Waals surface area contributed by atoms with Gasteiger partial charge in [0.15, 0.2) is 5.82 Å². The van der Waals surface area contributed by atoms with Crippen molar-refractivity contribution in [2.45, 2.75) is 13.3 Å². The molecule has 0 saturated carbocycles. The Hall–Kier alpha value is -2.44. The van der Waals surface area contributed by atoms with Crippen LogP contribution in [0.1, 0.15) is 13.3 Å². The number of carboxylic acids is 1. The lowest BCUT2D eigenvalue weighted by atomic mass is 9.90. The van der Waals surface area contributed by atoms with Crippen molar-refractivity contribution in [3.8, 4) is 5.82 Å². The minimum absolute atomic E-state index is 0.444. The van der Waals surface area contributed by atoms with Crippen molar-refractivity contribution in [1.29, 1.82) is 0 Å². The zero-order valence-corrected chi connectivity index (χ0v) is 11.1. The minimum Gasteiger partial charge on any atom is -0.481 e. The highest BCUT2D eigenvalue weighted by atomic mass is 16.4. The molecular formula is C13H15N5O2. The summed E-state index contributed by atoms with van der Waals surface area (Å²) >= 11 is 0. The number of nitrogens with zero attached hydrogens (tertiary/aromatic N) is 5. The fraction of sp³-hybridized carbons (Fsp3) is 0.385. The summed E-state index contributed by atoms with van der Waals surface area (Å²) in [4.78, 5) is 21.9. The largest absolute Gasteiger partial charge is 0.481 e. The lowest BCUT2D eigenvalue weighted by Crippen LogP contribution is -2.32. The summed E-state index contributed by atoms with van der Waals surface area (Å²) in [6.07, 6.45) is 7.35.